The largest absolute Gasteiger partial charge is 0.354 e. The monoisotopic (exact) mass is 614 g/mol. The first kappa shape index (κ1) is 32.6. The SMILES string of the molecule is CCCCNC(=O)[C@@H](Cc1ccccc1)N(Cc1ccccc1Cl)C(=O)CN(c1cc([N+](=O)[O-])ccc1C)S(C)(=O)=O. The average molecular weight is 615 g/mol. The number of aryl methyl sites for hydroxylation is 1. The van der Waals surface area contributed by atoms with Crippen LogP contribution in [-0.2, 0) is 32.6 Å². The molecule has 0 unspecified atom stereocenters. The Labute approximate surface area is 251 Å². The van der Waals surface area contributed by atoms with Crippen LogP contribution in [0.25, 0.3) is 0 Å². The van der Waals surface area contributed by atoms with Gasteiger partial charge in [0.25, 0.3) is 5.69 Å². The van der Waals surface area contributed by atoms with Gasteiger partial charge >= 0.3 is 0 Å². The zero-order valence-corrected chi connectivity index (χ0v) is 25.4. The maximum atomic E-state index is 14.1. The lowest BCUT2D eigenvalue weighted by Crippen LogP contribution is -2.53. The summed E-state index contributed by atoms with van der Waals surface area (Å²) in [5.41, 5.74) is 1.49. The van der Waals surface area contributed by atoms with Crippen LogP contribution in [0.4, 0.5) is 11.4 Å². The number of hydrogen-bond donors (Lipinski definition) is 1. The van der Waals surface area contributed by atoms with Crippen molar-refractivity contribution >= 4 is 44.8 Å². The third-order valence-electron chi connectivity index (χ3n) is 6.75. The van der Waals surface area contributed by atoms with Crippen molar-refractivity contribution in [3.8, 4) is 0 Å². The van der Waals surface area contributed by atoms with E-state index >= 15 is 0 Å². The van der Waals surface area contributed by atoms with Gasteiger partial charge in [-0.05, 0) is 36.1 Å². The summed E-state index contributed by atoms with van der Waals surface area (Å²) in [4.78, 5) is 39.9. The van der Waals surface area contributed by atoms with Gasteiger partial charge < -0.3 is 10.2 Å². The number of halogens is 1. The van der Waals surface area contributed by atoms with Crippen molar-refractivity contribution < 1.29 is 22.9 Å². The molecule has 12 heteroatoms. The summed E-state index contributed by atoms with van der Waals surface area (Å²) in [6, 6.07) is 18.9. The van der Waals surface area contributed by atoms with Crippen LogP contribution in [-0.4, -0.2) is 55.4 Å². The van der Waals surface area contributed by atoms with Crippen molar-refractivity contribution in [2.24, 2.45) is 0 Å². The van der Waals surface area contributed by atoms with Crippen molar-refractivity contribution in [1.82, 2.24) is 10.2 Å². The Kier molecular flexibility index (Phi) is 11.5. The fraction of sp³-hybridized carbons (Fsp3) is 0.333. The molecule has 0 saturated carbocycles. The number of amides is 2. The number of nitrogens with one attached hydrogen (secondary N) is 1. The number of carbonyl (C=O) groups is 2. The van der Waals surface area contributed by atoms with Gasteiger partial charge in [-0.3, -0.25) is 24.0 Å². The molecule has 224 valence electrons. The third-order valence-corrected chi connectivity index (χ3v) is 8.25. The molecule has 0 radical (unpaired) electrons. The summed E-state index contributed by atoms with van der Waals surface area (Å²) in [5, 5.41) is 14.7. The van der Waals surface area contributed by atoms with Gasteiger partial charge in [0.05, 0.1) is 16.9 Å². The highest BCUT2D eigenvalue weighted by Gasteiger charge is 2.34. The van der Waals surface area contributed by atoms with Crippen LogP contribution >= 0.6 is 11.6 Å². The summed E-state index contributed by atoms with van der Waals surface area (Å²) >= 11 is 6.45. The van der Waals surface area contributed by atoms with Crippen molar-refractivity contribution in [2.75, 3.05) is 23.7 Å². The Morgan fingerprint density at radius 2 is 1.71 bits per heavy atom. The van der Waals surface area contributed by atoms with Crippen molar-refractivity contribution in [3.05, 3.63) is 105 Å². The lowest BCUT2D eigenvalue weighted by molar-refractivity contribution is -0.384. The molecule has 10 nitrogen and oxygen atoms in total. The quantitative estimate of drug-likeness (QED) is 0.156. The molecule has 0 aromatic heterocycles. The lowest BCUT2D eigenvalue weighted by atomic mass is 10.0. The second-order valence-corrected chi connectivity index (χ2v) is 12.3. The number of nitro benzene ring substituents is 1. The van der Waals surface area contributed by atoms with Gasteiger partial charge in [0.2, 0.25) is 21.8 Å². The maximum absolute atomic E-state index is 14.1. The first-order valence-corrected chi connectivity index (χ1v) is 15.7. The minimum Gasteiger partial charge on any atom is -0.354 e. The van der Waals surface area contributed by atoms with E-state index in [1.807, 2.05) is 37.3 Å². The number of rotatable bonds is 14. The van der Waals surface area contributed by atoms with E-state index in [0.717, 1.165) is 35.0 Å². The van der Waals surface area contributed by atoms with Gasteiger partial charge in [-0.1, -0.05) is 79.5 Å². The fourth-order valence-corrected chi connectivity index (χ4v) is 5.54. The number of hydrogen-bond acceptors (Lipinski definition) is 6. The molecule has 1 N–H and O–H groups in total. The Morgan fingerprint density at radius 3 is 2.33 bits per heavy atom. The minimum atomic E-state index is -4.08. The highest BCUT2D eigenvalue weighted by Crippen LogP contribution is 2.28. The second kappa shape index (κ2) is 14.8. The second-order valence-electron chi connectivity index (χ2n) is 9.96. The number of sulfonamides is 1. The Bertz CT molecular complexity index is 1520. The van der Waals surface area contributed by atoms with Crippen LogP contribution in [0, 0.1) is 17.0 Å². The van der Waals surface area contributed by atoms with E-state index in [0.29, 0.717) is 22.7 Å². The summed E-state index contributed by atoms with van der Waals surface area (Å²) in [5.74, 6) is -1.05. The molecule has 0 heterocycles. The van der Waals surface area contributed by atoms with Crippen LogP contribution in [0.2, 0.25) is 5.02 Å². The Balaban J connectivity index is 2.10. The molecule has 0 spiro atoms. The molecular weight excluding hydrogens is 580 g/mol. The highest BCUT2D eigenvalue weighted by molar-refractivity contribution is 7.92. The zero-order valence-electron chi connectivity index (χ0n) is 23.8. The Morgan fingerprint density at radius 1 is 1.05 bits per heavy atom. The third kappa shape index (κ3) is 8.77. The van der Waals surface area contributed by atoms with Gasteiger partial charge in [-0.2, -0.15) is 0 Å². The number of non-ortho nitro benzene ring substituents is 1. The smallest absolute Gasteiger partial charge is 0.271 e. The zero-order chi connectivity index (χ0) is 30.9. The first-order chi connectivity index (χ1) is 19.9. The van der Waals surface area contributed by atoms with Crippen LogP contribution in [0.5, 0.6) is 0 Å². The van der Waals surface area contributed by atoms with Crippen LogP contribution in [0.15, 0.2) is 72.8 Å². The number of carbonyl (C=O) groups excluding carboxylic acids is 2. The van der Waals surface area contributed by atoms with Crippen molar-refractivity contribution in [2.45, 2.75) is 45.7 Å². The van der Waals surface area contributed by atoms with E-state index in [1.165, 1.54) is 17.0 Å². The molecule has 3 aromatic carbocycles. The molecule has 1 atom stereocenters. The summed E-state index contributed by atoms with van der Waals surface area (Å²) in [7, 11) is -4.08. The molecule has 3 aromatic rings. The van der Waals surface area contributed by atoms with E-state index in [-0.39, 0.29) is 30.2 Å². The number of nitro groups is 1. The molecule has 0 fully saturated rings. The van der Waals surface area contributed by atoms with Gasteiger partial charge in [0, 0.05) is 36.7 Å². The van der Waals surface area contributed by atoms with E-state index in [9.17, 15) is 28.1 Å². The summed E-state index contributed by atoms with van der Waals surface area (Å²) in [6.07, 6.45) is 2.70. The van der Waals surface area contributed by atoms with E-state index in [2.05, 4.69) is 5.32 Å². The number of benzene rings is 3. The predicted octanol–water partition coefficient (Wildman–Crippen LogP) is 4.88. The molecule has 0 aliphatic carbocycles. The molecule has 0 aliphatic heterocycles. The summed E-state index contributed by atoms with van der Waals surface area (Å²) < 4.78 is 26.8. The van der Waals surface area contributed by atoms with Gasteiger partial charge in [-0.25, -0.2) is 8.42 Å². The maximum Gasteiger partial charge on any atom is 0.271 e. The van der Waals surface area contributed by atoms with Crippen LogP contribution < -0.4 is 9.62 Å². The van der Waals surface area contributed by atoms with Crippen molar-refractivity contribution in [1.29, 1.82) is 0 Å². The molecule has 42 heavy (non-hydrogen) atoms. The summed E-state index contributed by atoms with van der Waals surface area (Å²) in [6.45, 7) is 3.26. The first-order valence-electron chi connectivity index (χ1n) is 13.5. The van der Waals surface area contributed by atoms with Gasteiger partial charge in [0.1, 0.15) is 12.6 Å². The van der Waals surface area contributed by atoms with Crippen molar-refractivity contribution in [3.63, 3.8) is 0 Å². The molecule has 0 bridgehead atoms. The minimum absolute atomic E-state index is 0.00440. The standard InChI is InChI=1S/C30H35ClN4O6S/c1-4-5-17-32-30(37)28(18-23-11-7-6-8-12-23)33(20-24-13-9-10-14-26(24)31)29(36)21-34(42(3,40)41)27-19-25(35(38)39)16-15-22(27)2/h6-16,19,28H,4-5,17-18,20-21H2,1-3H3,(H,32,37)/t28-/m1/s1. The molecule has 3 rings (SSSR count). The van der Waals surface area contributed by atoms with Crippen LogP contribution in [0.1, 0.15) is 36.5 Å². The average Bonchev–Trinajstić information content (AvgIpc) is 2.94. The van der Waals surface area contributed by atoms with Gasteiger partial charge in [-0.15, -0.1) is 0 Å². The topological polar surface area (TPSA) is 130 Å². The highest BCUT2D eigenvalue weighted by atomic mass is 35.5. The van der Waals surface area contributed by atoms with E-state index < -0.39 is 33.4 Å². The number of nitrogens with zero attached hydrogens (tertiary/aromatic N) is 3. The fourth-order valence-electron chi connectivity index (χ4n) is 4.45. The molecule has 0 aliphatic rings. The predicted molar refractivity (Wildman–Crippen MR) is 164 cm³/mol. The lowest BCUT2D eigenvalue weighted by Gasteiger charge is -2.34. The number of anilines is 1. The van der Waals surface area contributed by atoms with E-state index in [1.54, 1.807) is 31.2 Å². The van der Waals surface area contributed by atoms with Crippen LogP contribution in [0.3, 0.4) is 0 Å². The Hall–Kier alpha value is -3.96. The molecular formula is C30H35ClN4O6S. The van der Waals surface area contributed by atoms with E-state index in [4.69, 9.17) is 11.6 Å². The molecule has 2 amide bonds. The molecule has 0 saturated heterocycles. The van der Waals surface area contributed by atoms with Gasteiger partial charge in [0.15, 0.2) is 0 Å². The number of unbranched alkanes of at least 4 members (excludes halogenated alkanes) is 1. The normalized spacial score (nSPS) is 11.9.